The quantitative estimate of drug-likeness (QED) is 0.514. The summed E-state index contributed by atoms with van der Waals surface area (Å²) in [5.74, 6) is 1.35. The lowest BCUT2D eigenvalue weighted by atomic mass is 10.2. The number of rotatable bonds is 4. The molecule has 0 spiro atoms. The van der Waals surface area contributed by atoms with E-state index in [9.17, 15) is 9.59 Å². The number of likely N-dealkylation sites (N-methyl/N-ethyl adjacent to an activating group) is 1. The van der Waals surface area contributed by atoms with Crippen molar-refractivity contribution in [3.63, 3.8) is 0 Å². The van der Waals surface area contributed by atoms with E-state index in [-0.39, 0.29) is 5.70 Å². The van der Waals surface area contributed by atoms with Crippen LogP contribution in [0.2, 0.25) is 0 Å². The minimum Gasteiger partial charge on any atom is -0.367 e. The highest BCUT2D eigenvalue weighted by atomic mass is 16.2. The van der Waals surface area contributed by atoms with E-state index in [1.54, 1.807) is 16.8 Å². The number of hydrogen-bond donors (Lipinski definition) is 3. The zero-order chi connectivity index (χ0) is 20.0. The first kappa shape index (κ1) is 17.9. The van der Waals surface area contributed by atoms with Crippen LogP contribution in [0.3, 0.4) is 0 Å². The van der Waals surface area contributed by atoms with Gasteiger partial charge in [0, 0.05) is 37.3 Å². The molecule has 3 fully saturated rings. The Hall–Kier alpha value is -3.14. The van der Waals surface area contributed by atoms with Crippen molar-refractivity contribution in [2.45, 2.75) is 25.3 Å². The maximum Gasteiger partial charge on any atom is 0.326 e. The lowest BCUT2D eigenvalue weighted by Gasteiger charge is -2.23. The summed E-state index contributed by atoms with van der Waals surface area (Å²) in [6, 6.07) is 2.01. The second kappa shape index (κ2) is 7.03. The number of urea groups is 1. The van der Waals surface area contributed by atoms with Crippen molar-refractivity contribution in [1.29, 1.82) is 0 Å². The summed E-state index contributed by atoms with van der Waals surface area (Å²) < 4.78 is 1.77. The summed E-state index contributed by atoms with van der Waals surface area (Å²) in [5.41, 5.74) is 1.54. The second-order valence-corrected chi connectivity index (χ2v) is 7.86. The molecule has 0 aromatic carbocycles. The largest absolute Gasteiger partial charge is 0.367 e. The van der Waals surface area contributed by atoms with E-state index in [4.69, 9.17) is 4.98 Å². The Kier molecular flexibility index (Phi) is 4.35. The van der Waals surface area contributed by atoms with Crippen molar-refractivity contribution < 1.29 is 9.59 Å². The first-order chi connectivity index (χ1) is 14.1. The van der Waals surface area contributed by atoms with Gasteiger partial charge in [0.25, 0.3) is 5.91 Å². The number of amides is 3. The number of fused-ring (bicyclic) bond motifs is 1. The maximum atomic E-state index is 11.9. The van der Waals surface area contributed by atoms with Gasteiger partial charge in [-0.25, -0.2) is 9.78 Å². The Bertz CT molecular complexity index is 1010. The van der Waals surface area contributed by atoms with Gasteiger partial charge in [0.2, 0.25) is 0 Å². The molecule has 10 nitrogen and oxygen atoms in total. The van der Waals surface area contributed by atoms with Crippen LogP contribution in [0.1, 0.15) is 24.8 Å². The number of nitrogens with one attached hydrogen (secondary N) is 3. The lowest BCUT2D eigenvalue weighted by Crippen LogP contribution is -2.29. The summed E-state index contributed by atoms with van der Waals surface area (Å²) in [5, 5.41) is 12.8. The number of imide groups is 1. The fourth-order valence-corrected chi connectivity index (χ4v) is 3.68. The fourth-order valence-electron chi connectivity index (χ4n) is 3.68. The minimum atomic E-state index is -0.517. The van der Waals surface area contributed by atoms with Gasteiger partial charge in [0.15, 0.2) is 5.65 Å². The molecular formula is C19H24N8O2. The smallest absolute Gasteiger partial charge is 0.326 e. The number of hydrogen-bond acceptors (Lipinski definition) is 7. The van der Waals surface area contributed by atoms with Crippen molar-refractivity contribution in [1.82, 2.24) is 30.1 Å². The van der Waals surface area contributed by atoms with Crippen molar-refractivity contribution in [3.8, 4) is 0 Å². The zero-order valence-electron chi connectivity index (χ0n) is 16.3. The van der Waals surface area contributed by atoms with Crippen LogP contribution in [0.25, 0.3) is 11.7 Å². The Morgan fingerprint density at radius 2 is 2.03 bits per heavy atom. The average molecular weight is 396 g/mol. The first-order valence-electron chi connectivity index (χ1n) is 10.00. The summed E-state index contributed by atoms with van der Waals surface area (Å²) in [6.07, 6.45) is 6.68. The molecule has 4 heterocycles. The summed E-state index contributed by atoms with van der Waals surface area (Å²) in [4.78, 5) is 32.8. The van der Waals surface area contributed by atoms with Gasteiger partial charge >= 0.3 is 6.03 Å². The number of carbonyl (C=O) groups excluding carboxylic acids is 2. The second-order valence-electron chi connectivity index (χ2n) is 7.86. The molecule has 10 heteroatoms. The molecule has 0 unspecified atom stereocenters. The molecule has 0 radical (unpaired) electrons. The van der Waals surface area contributed by atoms with Crippen molar-refractivity contribution in [2.75, 3.05) is 43.4 Å². The molecule has 3 N–H and O–H groups in total. The molecular weight excluding hydrogens is 372 g/mol. The molecule has 5 rings (SSSR count). The average Bonchev–Trinajstić information content (AvgIpc) is 3.38. The van der Waals surface area contributed by atoms with E-state index in [2.05, 4.69) is 44.0 Å². The Morgan fingerprint density at radius 1 is 1.17 bits per heavy atom. The van der Waals surface area contributed by atoms with E-state index in [1.165, 1.54) is 0 Å². The van der Waals surface area contributed by atoms with E-state index in [0.29, 0.717) is 17.3 Å². The number of anilines is 2. The van der Waals surface area contributed by atoms with E-state index in [0.717, 1.165) is 57.1 Å². The van der Waals surface area contributed by atoms with Gasteiger partial charge in [-0.2, -0.15) is 9.61 Å². The van der Waals surface area contributed by atoms with Gasteiger partial charge in [-0.1, -0.05) is 0 Å². The van der Waals surface area contributed by atoms with Crippen LogP contribution in [0.4, 0.5) is 16.4 Å². The fraction of sp³-hybridized carbons (Fsp3) is 0.474. The standard InChI is InChI=1S/C19H24N8O2/c1-25-5-2-6-26(8-7-25)15-10-16(21-13-3-4-13)27-17(23-15)12(11-20-27)9-14-18(28)24-19(29)22-14/h9-11,13,21H,2-8H2,1H3,(H2,22,24,28,29)/b14-9-. The van der Waals surface area contributed by atoms with Crippen LogP contribution in [0, 0.1) is 0 Å². The molecule has 2 aromatic rings. The molecule has 29 heavy (non-hydrogen) atoms. The molecule has 0 bridgehead atoms. The molecule has 2 saturated heterocycles. The SMILES string of the molecule is CN1CCCN(c2cc(NC3CC3)n3ncc(/C=C4\NC(=O)NC4=O)c3n2)CC1. The van der Waals surface area contributed by atoms with Gasteiger partial charge in [-0.3, -0.25) is 10.1 Å². The third kappa shape index (κ3) is 3.63. The highest BCUT2D eigenvalue weighted by Crippen LogP contribution is 2.29. The van der Waals surface area contributed by atoms with Crippen LogP contribution in [-0.2, 0) is 4.79 Å². The first-order valence-corrected chi connectivity index (χ1v) is 10.00. The maximum absolute atomic E-state index is 11.9. The Morgan fingerprint density at radius 3 is 2.79 bits per heavy atom. The Balaban J connectivity index is 1.56. The van der Waals surface area contributed by atoms with Gasteiger partial charge in [-0.05, 0) is 38.9 Å². The summed E-state index contributed by atoms with van der Waals surface area (Å²) in [6.45, 7) is 3.91. The monoisotopic (exact) mass is 396 g/mol. The zero-order valence-corrected chi connectivity index (χ0v) is 16.3. The molecule has 1 saturated carbocycles. The Labute approximate surface area is 167 Å². The summed E-state index contributed by atoms with van der Waals surface area (Å²) >= 11 is 0. The van der Waals surface area contributed by atoms with E-state index < -0.39 is 11.9 Å². The molecule has 3 amide bonds. The van der Waals surface area contributed by atoms with Crippen LogP contribution in [-0.4, -0.2) is 70.7 Å². The predicted molar refractivity (Wildman–Crippen MR) is 109 cm³/mol. The van der Waals surface area contributed by atoms with Gasteiger partial charge in [0.1, 0.15) is 17.3 Å². The van der Waals surface area contributed by atoms with E-state index in [1.807, 2.05) is 0 Å². The molecule has 0 atom stereocenters. The molecule has 3 aliphatic rings. The normalized spacial score (nSPS) is 22.1. The van der Waals surface area contributed by atoms with Gasteiger partial charge < -0.3 is 20.4 Å². The topological polar surface area (TPSA) is 107 Å². The van der Waals surface area contributed by atoms with Crippen LogP contribution >= 0.6 is 0 Å². The molecule has 2 aliphatic heterocycles. The van der Waals surface area contributed by atoms with Crippen molar-refractivity contribution >= 4 is 35.3 Å². The minimum absolute atomic E-state index is 0.199. The number of nitrogens with zero attached hydrogens (tertiary/aromatic N) is 5. The third-order valence-corrected chi connectivity index (χ3v) is 5.48. The van der Waals surface area contributed by atoms with Crippen LogP contribution < -0.4 is 20.9 Å². The van der Waals surface area contributed by atoms with Gasteiger partial charge in [0.05, 0.1) is 6.20 Å². The molecule has 1 aliphatic carbocycles. The van der Waals surface area contributed by atoms with Crippen molar-refractivity contribution in [2.24, 2.45) is 0 Å². The van der Waals surface area contributed by atoms with Crippen molar-refractivity contribution in [3.05, 3.63) is 23.5 Å². The number of aromatic nitrogens is 3. The number of carbonyl (C=O) groups is 2. The molecule has 152 valence electrons. The third-order valence-electron chi connectivity index (χ3n) is 5.48. The predicted octanol–water partition coefficient (Wildman–Crippen LogP) is 0.626. The van der Waals surface area contributed by atoms with E-state index >= 15 is 0 Å². The summed E-state index contributed by atoms with van der Waals surface area (Å²) in [7, 11) is 2.14. The van der Waals surface area contributed by atoms with Crippen LogP contribution in [0.15, 0.2) is 18.0 Å². The lowest BCUT2D eigenvalue weighted by molar-refractivity contribution is -0.115. The highest BCUT2D eigenvalue weighted by Gasteiger charge is 2.26. The highest BCUT2D eigenvalue weighted by molar-refractivity contribution is 6.14. The van der Waals surface area contributed by atoms with Crippen LogP contribution in [0.5, 0.6) is 0 Å². The molecule has 2 aromatic heterocycles. The van der Waals surface area contributed by atoms with Gasteiger partial charge in [-0.15, -0.1) is 0 Å².